The lowest BCUT2D eigenvalue weighted by Crippen LogP contribution is -2.30. The molecular weight excluding hydrogens is 459 g/mol. The van der Waals surface area contributed by atoms with Gasteiger partial charge in [0.05, 0.1) is 15.7 Å². The van der Waals surface area contributed by atoms with Crippen LogP contribution in [0.2, 0.25) is 15.1 Å². The number of ether oxygens (including phenoxy) is 1. The van der Waals surface area contributed by atoms with Gasteiger partial charge in [0.25, 0.3) is 5.91 Å². The fourth-order valence-electron chi connectivity index (χ4n) is 2.96. The normalized spacial score (nSPS) is 12.0. The maximum absolute atomic E-state index is 12.7. The number of amides is 1. The molecule has 0 saturated heterocycles. The zero-order valence-electron chi connectivity index (χ0n) is 16.6. The smallest absolute Gasteiger partial charge is 0.265 e. The molecule has 158 valence electrons. The van der Waals surface area contributed by atoms with Gasteiger partial charge in [0.2, 0.25) is 5.89 Å². The molecule has 0 spiro atoms. The number of hydrogen-bond acceptors (Lipinski definition) is 4. The third kappa shape index (κ3) is 4.79. The second kappa shape index (κ2) is 8.79. The van der Waals surface area contributed by atoms with Crippen molar-refractivity contribution in [3.05, 3.63) is 75.2 Å². The van der Waals surface area contributed by atoms with Gasteiger partial charge < -0.3 is 14.5 Å². The SMILES string of the molecule is Cc1ccc2oc(-c3ccc(Cl)c(NC(=O)C(C)Oc4ccc(Cl)cc4Cl)c3)nc2c1. The summed E-state index contributed by atoms with van der Waals surface area (Å²) in [6.07, 6.45) is -0.828. The van der Waals surface area contributed by atoms with Crippen molar-refractivity contribution in [1.82, 2.24) is 4.98 Å². The summed E-state index contributed by atoms with van der Waals surface area (Å²) in [5, 5.41) is 3.95. The number of carbonyl (C=O) groups is 1. The first kappa shape index (κ1) is 21.5. The Kier molecular flexibility index (Phi) is 6.10. The average Bonchev–Trinajstić information content (AvgIpc) is 3.14. The first-order valence-electron chi connectivity index (χ1n) is 9.40. The lowest BCUT2D eigenvalue weighted by molar-refractivity contribution is -0.122. The summed E-state index contributed by atoms with van der Waals surface area (Å²) in [5.74, 6) is 0.401. The van der Waals surface area contributed by atoms with Crippen LogP contribution in [-0.2, 0) is 4.79 Å². The lowest BCUT2D eigenvalue weighted by atomic mass is 10.2. The summed E-state index contributed by atoms with van der Waals surface area (Å²) >= 11 is 18.3. The van der Waals surface area contributed by atoms with Crippen LogP contribution in [-0.4, -0.2) is 17.0 Å². The number of aryl methyl sites for hydroxylation is 1. The highest BCUT2D eigenvalue weighted by Crippen LogP contribution is 2.32. The Labute approximate surface area is 193 Å². The van der Waals surface area contributed by atoms with Gasteiger partial charge in [-0.2, -0.15) is 0 Å². The number of fused-ring (bicyclic) bond motifs is 1. The number of benzene rings is 3. The minimum atomic E-state index is -0.828. The molecule has 1 heterocycles. The number of rotatable bonds is 5. The van der Waals surface area contributed by atoms with Crippen molar-refractivity contribution in [2.24, 2.45) is 0 Å². The molecule has 1 aromatic heterocycles. The van der Waals surface area contributed by atoms with Crippen molar-refractivity contribution in [3.63, 3.8) is 0 Å². The van der Waals surface area contributed by atoms with E-state index in [1.807, 2.05) is 25.1 Å². The van der Waals surface area contributed by atoms with Gasteiger partial charge in [-0.25, -0.2) is 4.98 Å². The molecule has 1 N–H and O–H groups in total. The van der Waals surface area contributed by atoms with Gasteiger partial charge in [-0.15, -0.1) is 0 Å². The number of anilines is 1. The van der Waals surface area contributed by atoms with E-state index < -0.39 is 12.0 Å². The van der Waals surface area contributed by atoms with E-state index in [0.717, 1.165) is 11.1 Å². The van der Waals surface area contributed by atoms with Crippen molar-refractivity contribution in [3.8, 4) is 17.2 Å². The number of halogens is 3. The zero-order chi connectivity index (χ0) is 22.1. The van der Waals surface area contributed by atoms with Crippen LogP contribution >= 0.6 is 34.8 Å². The molecule has 4 rings (SSSR count). The highest BCUT2D eigenvalue weighted by atomic mass is 35.5. The fraction of sp³-hybridized carbons (Fsp3) is 0.130. The number of nitrogens with one attached hydrogen (secondary N) is 1. The lowest BCUT2D eigenvalue weighted by Gasteiger charge is -2.16. The fourth-order valence-corrected chi connectivity index (χ4v) is 3.58. The maximum Gasteiger partial charge on any atom is 0.265 e. The summed E-state index contributed by atoms with van der Waals surface area (Å²) in [7, 11) is 0. The van der Waals surface area contributed by atoms with E-state index in [2.05, 4.69) is 10.3 Å². The second-order valence-electron chi connectivity index (χ2n) is 7.01. The molecular formula is C23H17Cl3N2O3. The first-order valence-corrected chi connectivity index (χ1v) is 10.5. The van der Waals surface area contributed by atoms with E-state index in [0.29, 0.717) is 43.5 Å². The molecule has 0 fully saturated rings. The van der Waals surface area contributed by atoms with Crippen molar-refractivity contribution < 1.29 is 13.9 Å². The van der Waals surface area contributed by atoms with Crippen LogP contribution in [0.15, 0.2) is 59.0 Å². The molecule has 1 amide bonds. The average molecular weight is 476 g/mol. The Balaban J connectivity index is 1.54. The molecule has 0 bridgehead atoms. The highest BCUT2D eigenvalue weighted by molar-refractivity contribution is 6.35. The van der Waals surface area contributed by atoms with E-state index >= 15 is 0 Å². The minimum Gasteiger partial charge on any atom is -0.479 e. The quantitative estimate of drug-likeness (QED) is 0.332. The molecule has 1 unspecified atom stereocenters. The van der Waals surface area contributed by atoms with Crippen LogP contribution in [0.1, 0.15) is 12.5 Å². The van der Waals surface area contributed by atoms with Crippen LogP contribution < -0.4 is 10.1 Å². The number of nitrogens with zero attached hydrogens (tertiary/aromatic N) is 1. The summed E-state index contributed by atoms with van der Waals surface area (Å²) in [6, 6.07) is 15.7. The summed E-state index contributed by atoms with van der Waals surface area (Å²) in [6.45, 7) is 3.60. The van der Waals surface area contributed by atoms with Gasteiger partial charge in [0, 0.05) is 10.6 Å². The van der Waals surface area contributed by atoms with Crippen LogP contribution in [0.3, 0.4) is 0 Å². The predicted molar refractivity (Wildman–Crippen MR) is 124 cm³/mol. The van der Waals surface area contributed by atoms with E-state index in [-0.39, 0.29) is 0 Å². The Bertz CT molecular complexity index is 1290. The Hall–Kier alpha value is -2.73. The van der Waals surface area contributed by atoms with Crippen LogP contribution in [0.5, 0.6) is 5.75 Å². The van der Waals surface area contributed by atoms with Crippen LogP contribution in [0.25, 0.3) is 22.6 Å². The first-order chi connectivity index (χ1) is 14.8. The van der Waals surface area contributed by atoms with Gasteiger partial charge in [-0.3, -0.25) is 4.79 Å². The molecule has 0 aliphatic rings. The number of aromatic nitrogens is 1. The monoisotopic (exact) mass is 474 g/mol. The molecule has 0 saturated carbocycles. The Morgan fingerprint density at radius 3 is 2.61 bits per heavy atom. The maximum atomic E-state index is 12.7. The largest absolute Gasteiger partial charge is 0.479 e. The van der Waals surface area contributed by atoms with E-state index in [1.54, 1.807) is 43.3 Å². The third-order valence-electron chi connectivity index (χ3n) is 4.58. The Morgan fingerprint density at radius 2 is 1.84 bits per heavy atom. The molecule has 5 nitrogen and oxygen atoms in total. The molecule has 31 heavy (non-hydrogen) atoms. The Morgan fingerprint density at radius 1 is 1.03 bits per heavy atom. The van der Waals surface area contributed by atoms with Crippen molar-refractivity contribution >= 4 is 57.5 Å². The summed E-state index contributed by atoms with van der Waals surface area (Å²) in [4.78, 5) is 17.2. The van der Waals surface area contributed by atoms with Crippen LogP contribution in [0.4, 0.5) is 5.69 Å². The molecule has 0 aliphatic carbocycles. The highest BCUT2D eigenvalue weighted by Gasteiger charge is 2.19. The number of hydrogen-bond donors (Lipinski definition) is 1. The molecule has 0 radical (unpaired) electrons. The molecule has 4 aromatic rings. The minimum absolute atomic E-state index is 0.318. The third-order valence-corrected chi connectivity index (χ3v) is 5.44. The molecule has 1 atom stereocenters. The number of oxazole rings is 1. The van der Waals surface area contributed by atoms with Crippen molar-refractivity contribution in [1.29, 1.82) is 0 Å². The second-order valence-corrected chi connectivity index (χ2v) is 8.26. The predicted octanol–water partition coefficient (Wildman–Crippen LogP) is 7.17. The van der Waals surface area contributed by atoms with Gasteiger partial charge in [-0.05, 0) is 67.9 Å². The van der Waals surface area contributed by atoms with Crippen LogP contribution in [0, 0.1) is 6.92 Å². The zero-order valence-corrected chi connectivity index (χ0v) is 18.8. The van der Waals surface area contributed by atoms with Gasteiger partial charge in [0.15, 0.2) is 11.7 Å². The standard InChI is InChI=1S/C23H17Cl3N2O3/c1-12-3-7-21-19(9-12)28-23(31-21)14-4-6-16(25)18(10-14)27-22(29)13(2)30-20-8-5-15(24)11-17(20)26/h3-11,13H,1-2H3,(H,27,29). The van der Waals surface area contributed by atoms with Crippen molar-refractivity contribution in [2.75, 3.05) is 5.32 Å². The van der Waals surface area contributed by atoms with E-state index in [4.69, 9.17) is 44.0 Å². The topological polar surface area (TPSA) is 64.4 Å². The van der Waals surface area contributed by atoms with Gasteiger partial charge >= 0.3 is 0 Å². The van der Waals surface area contributed by atoms with Gasteiger partial charge in [0.1, 0.15) is 11.3 Å². The molecule has 0 aliphatic heterocycles. The van der Waals surface area contributed by atoms with Crippen molar-refractivity contribution in [2.45, 2.75) is 20.0 Å². The summed E-state index contributed by atoms with van der Waals surface area (Å²) < 4.78 is 11.5. The summed E-state index contributed by atoms with van der Waals surface area (Å²) in [5.41, 5.74) is 3.63. The molecule has 8 heteroatoms. The molecule has 3 aromatic carbocycles. The number of carbonyl (C=O) groups excluding carboxylic acids is 1. The van der Waals surface area contributed by atoms with E-state index in [1.165, 1.54) is 0 Å². The van der Waals surface area contributed by atoms with Gasteiger partial charge in [-0.1, -0.05) is 40.9 Å². The van der Waals surface area contributed by atoms with E-state index in [9.17, 15) is 4.79 Å².